The Morgan fingerprint density at radius 2 is 1.83 bits per heavy atom. The number of allylic oxidation sites excluding steroid dienone is 3. The zero-order valence-electron chi connectivity index (χ0n) is 23.1. The van der Waals surface area contributed by atoms with Gasteiger partial charge in [-0.25, -0.2) is 4.79 Å². The first-order valence-corrected chi connectivity index (χ1v) is 14.3. The zero-order valence-corrected chi connectivity index (χ0v) is 23.1. The molecule has 0 unspecified atom stereocenters. The largest absolute Gasteiger partial charge is 0.458 e. The molecule has 0 spiro atoms. The highest BCUT2D eigenvalue weighted by Gasteiger charge is 2.51. The molecule has 3 aliphatic carbocycles. The van der Waals surface area contributed by atoms with Crippen molar-refractivity contribution in [3.63, 3.8) is 0 Å². The highest BCUT2D eigenvalue weighted by molar-refractivity contribution is 5.90. The van der Waals surface area contributed by atoms with Crippen molar-refractivity contribution >= 4 is 5.97 Å². The van der Waals surface area contributed by atoms with Crippen molar-refractivity contribution in [1.29, 1.82) is 0 Å². The van der Waals surface area contributed by atoms with E-state index in [0.29, 0.717) is 35.7 Å². The summed E-state index contributed by atoms with van der Waals surface area (Å²) >= 11 is 0. The first-order chi connectivity index (χ1) is 16.9. The van der Waals surface area contributed by atoms with Gasteiger partial charge < -0.3 is 14.9 Å². The van der Waals surface area contributed by atoms with Crippen molar-refractivity contribution in [3.8, 4) is 0 Å². The summed E-state index contributed by atoms with van der Waals surface area (Å²) in [5.41, 5.74) is 4.17. The van der Waals surface area contributed by atoms with Crippen LogP contribution in [0.4, 0.5) is 0 Å². The molecule has 0 aromatic heterocycles. The fraction of sp³-hybridized carbons (Fsp3) is 0.719. The average Bonchev–Trinajstić information content (AvgIpc) is 3.30. The van der Waals surface area contributed by atoms with Crippen molar-refractivity contribution < 1.29 is 19.7 Å². The van der Waals surface area contributed by atoms with E-state index in [1.165, 1.54) is 31.3 Å². The SMILES string of the molecule is C=C1C(=CC=C2CCC[C@]3(C)[C@@H]([C@H](C)C[C@@H]4OC(=O)C(=C)[C@@H]4CC(C)C)CC[C@@H]23)C[C@@H](O)[C@H](C)[C@@H]1O. The highest BCUT2D eigenvalue weighted by Crippen LogP contribution is 2.60. The number of aliphatic hydroxyl groups is 2. The number of carbonyl (C=O) groups is 1. The van der Waals surface area contributed by atoms with Gasteiger partial charge in [0.25, 0.3) is 0 Å². The van der Waals surface area contributed by atoms with Crippen molar-refractivity contribution in [2.24, 2.45) is 40.9 Å². The van der Waals surface area contributed by atoms with Gasteiger partial charge in [-0.1, -0.05) is 65.5 Å². The summed E-state index contributed by atoms with van der Waals surface area (Å²) in [6.07, 6.45) is 11.6. The van der Waals surface area contributed by atoms with Crippen LogP contribution in [0.15, 0.2) is 47.6 Å². The lowest BCUT2D eigenvalue weighted by atomic mass is 9.60. The second-order valence-electron chi connectivity index (χ2n) is 13.0. The van der Waals surface area contributed by atoms with E-state index in [0.717, 1.165) is 30.4 Å². The van der Waals surface area contributed by atoms with Crippen molar-refractivity contribution in [2.45, 2.75) is 104 Å². The van der Waals surface area contributed by atoms with Crippen LogP contribution in [0.1, 0.15) is 86.0 Å². The lowest BCUT2D eigenvalue weighted by molar-refractivity contribution is -0.140. The number of rotatable bonds is 6. The van der Waals surface area contributed by atoms with Crippen LogP contribution in [0.5, 0.6) is 0 Å². The molecule has 0 amide bonds. The third kappa shape index (κ3) is 5.05. The minimum Gasteiger partial charge on any atom is -0.458 e. The lowest BCUT2D eigenvalue weighted by Crippen LogP contribution is -2.37. The molecule has 3 saturated carbocycles. The van der Waals surface area contributed by atoms with Gasteiger partial charge in [-0.2, -0.15) is 0 Å². The normalized spacial score (nSPS) is 42.3. The molecular formula is C32H48O4. The second kappa shape index (κ2) is 10.6. The molecule has 0 radical (unpaired) electrons. The number of hydrogen-bond donors (Lipinski definition) is 2. The van der Waals surface area contributed by atoms with Gasteiger partial charge in [-0.05, 0) is 91.6 Å². The molecule has 4 heteroatoms. The highest BCUT2D eigenvalue weighted by atomic mass is 16.6. The molecule has 0 aromatic rings. The molecule has 1 saturated heterocycles. The van der Waals surface area contributed by atoms with Crippen molar-refractivity contribution in [3.05, 3.63) is 47.6 Å². The number of ether oxygens (including phenoxy) is 1. The fourth-order valence-electron chi connectivity index (χ4n) is 8.07. The van der Waals surface area contributed by atoms with Gasteiger partial charge in [0, 0.05) is 17.4 Å². The molecule has 1 aliphatic heterocycles. The number of cyclic esters (lactones) is 1. The molecule has 0 bridgehead atoms. The van der Waals surface area contributed by atoms with E-state index in [2.05, 4.69) is 53.0 Å². The Labute approximate surface area is 218 Å². The van der Waals surface area contributed by atoms with Crippen LogP contribution >= 0.6 is 0 Å². The predicted molar refractivity (Wildman–Crippen MR) is 145 cm³/mol. The molecule has 9 atom stereocenters. The van der Waals surface area contributed by atoms with Gasteiger partial charge in [0.05, 0.1) is 12.2 Å². The smallest absolute Gasteiger partial charge is 0.334 e. The van der Waals surface area contributed by atoms with Crippen molar-refractivity contribution in [1.82, 2.24) is 0 Å². The average molecular weight is 497 g/mol. The van der Waals surface area contributed by atoms with E-state index in [-0.39, 0.29) is 29.3 Å². The molecule has 1 heterocycles. The third-order valence-corrected chi connectivity index (χ3v) is 10.3. The Hall–Kier alpha value is -1.65. The maximum absolute atomic E-state index is 12.3. The predicted octanol–water partition coefficient (Wildman–Crippen LogP) is 6.54. The maximum atomic E-state index is 12.3. The van der Waals surface area contributed by atoms with E-state index in [1.54, 1.807) is 0 Å². The lowest BCUT2D eigenvalue weighted by Gasteiger charge is -2.45. The Morgan fingerprint density at radius 1 is 1.11 bits per heavy atom. The van der Waals surface area contributed by atoms with Crippen LogP contribution in [-0.4, -0.2) is 34.5 Å². The topological polar surface area (TPSA) is 66.8 Å². The summed E-state index contributed by atoms with van der Waals surface area (Å²) in [5.74, 6) is 1.95. The first kappa shape index (κ1) is 27.4. The standard InChI is InChI=1S/C32H48O4/c1-18(2)15-25-21(5)31(35)36-29(25)16-19(3)26-12-13-27-23(9-8-14-32(26,27)7)10-11-24-17-28(33)22(6)30(34)20(24)4/h10-11,18-19,22,25-30,33-34H,4-5,8-9,12-17H2,1-3,6-7H3/t19-,22+,25+,26-,27+,28-,29+,30-,32-/m1/s1. The van der Waals surface area contributed by atoms with Crippen LogP contribution in [0, 0.1) is 40.9 Å². The van der Waals surface area contributed by atoms with Crippen LogP contribution in [0.3, 0.4) is 0 Å². The first-order valence-electron chi connectivity index (χ1n) is 14.3. The summed E-state index contributed by atoms with van der Waals surface area (Å²) in [4.78, 5) is 12.3. The van der Waals surface area contributed by atoms with Crippen LogP contribution in [-0.2, 0) is 9.53 Å². The Morgan fingerprint density at radius 3 is 2.53 bits per heavy atom. The van der Waals surface area contributed by atoms with E-state index in [4.69, 9.17) is 4.74 Å². The van der Waals surface area contributed by atoms with Crippen molar-refractivity contribution in [2.75, 3.05) is 0 Å². The Kier molecular flexibility index (Phi) is 8.07. The number of esters is 1. The van der Waals surface area contributed by atoms with E-state index < -0.39 is 12.2 Å². The molecule has 4 aliphatic rings. The van der Waals surface area contributed by atoms with Gasteiger partial charge in [0.1, 0.15) is 6.10 Å². The number of hydrogen-bond acceptors (Lipinski definition) is 4. The molecule has 36 heavy (non-hydrogen) atoms. The van der Waals surface area contributed by atoms with E-state index in [1.807, 2.05) is 6.92 Å². The van der Waals surface area contributed by atoms with E-state index in [9.17, 15) is 15.0 Å². The minimum absolute atomic E-state index is 0.0362. The molecule has 0 aromatic carbocycles. The van der Waals surface area contributed by atoms with Gasteiger partial charge in [-0.3, -0.25) is 0 Å². The number of fused-ring (bicyclic) bond motifs is 1. The summed E-state index contributed by atoms with van der Waals surface area (Å²) < 4.78 is 5.84. The van der Waals surface area contributed by atoms with Gasteiger partial charge in [-0.15, -0.1) is 0 Å². The molecule has 4 nitrogen and oxygen atoms in total. The van der Waals surface area contributed by atoms with Crippen LogP contribution in [0.2, 0.25) is 0 Å². The Balaban J connectivity index is 1.48. The molecule has 4 rings (SSSR count). The number of aliphatic hydroxyl groups excluding tert-OH is 2. The molecule has 4 fully saturated rings. The summed E-state index contributed by atoms with van der Waals surface area (Å²) in [5, 5.41) is 20.8. The number of carbonyl (C=O) groups excluding carboxylic acids is 1. The van der Waals surface area contributed by atoms with Gasteiger partial charge in [0.2, 0.25) is 0 Å². The minimum atomic E-state index is -0.674. The maximum Gasteiger partial charge on any atom is 0.334 e. The molecule has 200 valence electrons. The zero-order chi connectivity index (χ0) is 26.4. The molecule has 2 N–H and O–H groups in total. The summed E-state index contributed by atoms with van der Waals surface area (Å²) in [6, 6.07) is 0. The second-order valence-corrected chi connectivity index (χ2v) is 13.0. The quantitative estimate of drug-likeness (QED) is 0.323. The summed E-state index contributed by atoms with van der Waals surface area (Å²) in [6.45, 7) is 19.3. The van der Waals surface area contributed by atoms with Gasteiger partial charge >= 0.3 is 5.97 Å². The Bertz CT molecular complexity index is 942. The fourth-order valence-corrected chi connectivity index (χ4v) is 8.07. The summed E-state index contributed by atoms with van der Waals surface area (Å²) in [7, 11) is 0. The van der Waals surface area contributed by atoms with E-state index >= 15 is 0 Å². The van der Waals surface area contributed by atoms with Crippen LogP contribution < -0.4 is 0 Å². The van der Waals surface area contributed by atoms with Crippen LogP contribution in [0.25, 0.3) is 0 Å². The van der Waals surface area contributed by atoms with Gasteiger partial charge in [0.15, 0.2) is 0 Å². The third-order valence-electron chi connectivity index (χ3n) is 10.3. The molecular weight excluding hydrogens is 448 g/mol. The monoisotopic (exact) mass is 496 g/mol.